The fourth-order valence-electron chi connectivity index (χ4n) is 1.05. The zero-order valence-corrected chi connectivity index (χ0v) is 10.8. The van der Waals surface area contributed by atoms with E-state index >= 15 is 0 Å². The lowest BCUT2D eigenvalue weighted by Gasteiger charge is -2.04. The summed E-state index contributed by atoms with van der Waals surface area (Å²) in [6, 6.07) is 7.33. The standard InChI is InChI=1S/C10H6ClIN2O2/c11-8-9(15)13-5-14-10(8)16-7-3-1-6(12)2-4-7/h1-5H,(H,13,14,15). The molecule has 0 unspecified atom stereocenters. The van der Waals surface area contributed by atoms with E-state index in [4.69, 9.17) is 16.3 Å². The van der Waals surface area contributed by atoms with E-state index in [0.29, 0.717) is 5.75 Å². The van der Waals surface area contributed by atoms with E-state index in [9.17, 15) is 4.79 Å². The number of halogens is 2. The Labute approximate surface area is 110 Å². The second-order valence-corrected chi connectivity index (χ2v) is 4.53. The zero-order chi connectivity index (χ0) is 11.5. The summed E-state index contributed by atoms with van der Waals surface area (Å²) < 4.78 is 6.47. The van der Waals surface area contributed by atoms with E-state index in [1.807, 2.05) is 12.1 Å². The Morgan fingerprint density at radius 3 is 2.69 bits per heavy atom. The molecule has 0 fully saturated rings. The van der Waals surface area contributed by atoms with E-state index in [1.165, 1.54) is 6.33 Å². The lowest BCUT2D eigenvalue weighted by Crippen LogP contribution is -2.07. The second kappa shape index (κ2) is 4.84. The van der Waals surface area contributed by atoms with Crippen LogP contribution in [0.4, 0.5) is 0 Å². The van der Waals surface area contributed by atoms with Gasteiger partial charge in [-0.3, -0.25) is 4.79 Å². The molecule has 0 bridgehead atoms. The van der Waals surface area contributed by atoms with Crippen molar-refractivity contribution in [3.8, 4) is 11.6 Å². The van der Waals surface area contributed by atoms with Crippen LogP contribution in [-0.2, 0) is 0 Å². The largest absolute Gasteiger partial charge is 0.437 e. The van der Waals surface area contributed by atoms with Crippen LogP contribution in [0.15, 0.2) is 35.4 Å². The highest BCUT2D eigenvalue weighted by molar-refractivity contribution is 14.1. The Morgan fingerprint density at radius 2 is 2.00 bits per heavy atom. The van der Waals surface area contributed by atoms with Crippen LogP contribution in [0.2, 0.25) is 5.02 Å². The molecule has 0 saturated carbocycles. The van der Waals surface area contributed by atoms with Crippen molar-refractivity contribution in [3.05, 3.63) is 49.5 Å². The molecule has 1 aromatic heterocycles. The fourth-order valence-corrected chi connectivity index (χ4v) is 1.55. The van der Waals surface area contributed by atoms with Gasteiger partial charge in [-0.1, -0.05) is 11.6 Å². The van der Waals surface area contributed by atoms with Crippen LogP contribution in [0.5, 0.6) is 11.6 Å². The predicted molar refractivity (Wildman–Crippen MR) is 69.1 cm³/mol. The third kappa shape index (κ3) is 2.53. The summed E-state index contributed by atoms with van der Waals surface area (Å²) in [7, 11) is 0. The SMILES string of the molecule is O=c1[nH]cnc(Oc2ccc(I)cc2)c1Cl. The molecule has 0 amide bonds. The van der Waals surface area contributed by atoms with Gasteiger partial charge < -0.3 is 9.72 Å². The quantitative estimate of drug-likeness (QED) is 0.849. The van der Waals surface area contributed by atoms with Crippen molar-refractivity contribution >= 4 is 34.2 Å². The van der Waals surface area contributed by atoms with Crippen molar-refractivity contribution in [2.75, 3.05) is 0 Å². The van der Waals surface area contributed by atoms with Crippen molar-refractivity contribution in [1.29, 1.82) is 0 Å². The summed E-state index contributed by atoms with van der Waals surface area (Å²) in [5, 5.41) is -0.0546. The fraction of sp³-hybridized carbons (Fsp3) is 0. The first kappa shape index (κ1) is 11.4. The van der Waals surface area contributed by atoms with Crippen molar-refractivity contribution in [3.63, 3.8) is 0 Å². The minimum absolute atomic E-state index is 0.0546. The Bertz CT molecular complexity index is 553. The average molecular weight is 349 g/mol. The molecule has 1 heterocycles. The van der Waals surface area contributed by atoms with Crippen molar-refractivity contribution < 1.29 is 4.74 Å². The van der Waals surface area contributed by atoms with Crippen molar-refractivity contribution in [2.45, 2.75) is 0 Å². The number of hydrogen-bond acceptors (Lipinski definition) is 3. The van der Waals surface area contributed by atoms with Crippen molar-refractivity contribution in [2.24, 2.45) is 0 Å². The molecule has 0 spiro atoms. The van der Waals surface area contributed by atoms with Crippen LogP contribution in [-0.4, -0.2) is 9.97 Å². The predicted octanol–water partition coefficient (Wildman–Crippen LogP) is 2.82. The molecule has 4 nitrogen and oxygen atoms in total. The summed E-state index contributed by atoms with van der Waals surface area (Å²) in [5.74, 6) is 0.687. The first-order valence-electron chi connectivity index (χ1n) is 4.33. The third-order valence-electron chi connectivity index (χ3n) is 1.79. The zero-order valence-electron chi connectivity index (χ0n) is 7.91. The first-order valence-corrected chi connectivity index (χ1v) is 5.79. The number of nitrogens with one attached hydrogen (secondary N) is 1. The molecule has 0 radical (unpaired) electrons. The molecular formula is C10H6ClIN2O2. The Kier molecular flexibility index (Phi) is 3.45. The highest BCUT2D eigenvalue weighted by Gasteiger charge is 2.07. The van der Waals surface area contributed by atoms with E-state index in [2.05, 4.69) is 32.6 Å². The number of aromatic amines is 1. The van der Waals surface area contributed by atoms with E-state index in [0.717, 1.165) is 3.57 Å². The van der Waals surface area contributed by atoms with Crippen LogP contribution in [0.1, 0.15) is 0 Å². The van der Waals surface area contributed by atoms with Gasteiger partial charge >= 0.3 is 0 Å². The van der Waals surface area contributed by atoms with E-state index in [1.54, 1.807) is 12.1 Å². The van der Waals surface area contributed by atoms with Gasteiger partial charge in [0.25, 0.3) is 5.56 Å². The van der Waals surface area contributed by atoms with E-state index in [-0.39, 0.29) is 10.9 Å². The number of rotatable bonds is 2. The number of aromatic nitrogens is 2. The minimum Gasteiger partial charge on any atom is -0.437 e. The molecule has 0 saturated heterocycles. The summed E-state index contributed by atoms with van der Waals surface area (Å²) >= 11 is 7.93. The summed E-state index contributed by atoms with van der Waals surface area (Å²) in [5.41, 5.74) is -0.419. The number of H-pyrrole nitrogens is 1. The van der Waals surface area contributed by atoms with Gasteiger partial charge in [-0.15, -0.1) is 0 Å². The molecule has 2 rings (SSSR count). The summed E-state index contributed by atoms with van der Waals surface area (Å²) in [6.45, 7) is 0. The third-order valence-corrected chi connectivity index (χ3v) is 2.85. The minimum atomic E-state index is -0.419. The van der Waals surface area contributed by atoms with Crippen molar-refractivity contribution in [1.82, 2.24) is 9.97 Å². The summed E-state index contributed by atoms with van der Waals surface area (Å²) in [6.07, 6.45) is 1.25. The van der Waals surface area contributed by atoms with Gasteiger partial charge in [0.15, 0.2) is 5.02 Å². The maximum Gasteiger partial charge on any atom is 0.273 e. The molecule has 0 aliphatic carbocycles. The average Bonchev–Trinajstić information content (AvgIpc) is 2.28. The van der Waals surface area contributed by atoms with Crippen LogP contribution >= 0.6 is 34.2 Å². The normalized spacial score (nSPS) is 10.1. The lowest BCUT2D eigenvalue weighted by molar-refractivity contribution is 0.461. The maximum atomic E-state index is 11.2. The molecule has 6 heteroatoms. The number of hydrogen-bond donors (Lipinski definition) is 1. The molecule has 0 atom stereocenters. The molecule has 2 aromatic rings. The smallest absolute Gasteiger partial charge is 0.273 e. The van der Waals surface area contributed by atoms with Gasteiger partial charge in [-0.05, 0) is 46.9 Å². The maximum absolute atomic E-state index is 11.2. The molecule has 16 heavy (non-hydrogen) atoms. The van der Waals surface area contributed by atoms with Gasteiger partial charge in [0.1, 0.15) is 5.75 Å². The van der Waals surface area contributed by atoms with Crippen LogP contribution in [0, 0.1) is 3.57 Å². The van der Waals surface area contributed by atoms with Crippen LogP contribution in [0.25, 0.3) is 0 Å². The second-order valence-electron chi connectivity index (χ2n) is 2.91. The molecule has 1 N–H and O–H groups in total. The summed E-state index contributed by atoms with van der Waals surface area (Å²) in [4.78, 5) is 17.4. The first-order chi connectivity index (χ1) is 7.66. The molecule has 1 aromatic carbocycles. The lowest BCUT2D eigenvalue weighted by atomic mass is 10.3. The van der Waals surface area contributed by atoms with E-state index < -0.39 is 5.56 Å². The Hall–Kier alpha value is -1.08. The highest BCUT2D eigenvalue weighted by atomic mass is 127. The molecule has 0 aliphatic rings. The van der Waals surface area contributed by atoms with Gasteiger partial charge in [-0.2, -0.15) is 0 Å². The number of benzene rings is 1. The van der Waals surface area contributed by atoms with Crippen LogP contribution in [0.3, 0.4) is 0 Å². The topological polar surface area (TPSA) is 55.0 Å². The Morgan fingerprint density at radius 1 is 1.31 bits per heavy atom. The van der Waals surface area contributed by atoms with Gasteiger partial charge in [-0.25, -0.2) is 4.98 Å². The Balaban J connectivity index is 2.30. The molecule has 0 aliphatic heterocycles. The number of nitrogens with zero attached hydrogens (tertiary/aromatic N) is 1. The van der Waals surface area contributed by atoms with Crippen LogP contribution < -0.4 is 10.3 Å². The van der Waals surface area contributed by atoms with Gasteiger partial charge in [0, 0.05) is 3.57 Å². The van der Waals surface area contributed by atoms with Gasteiger partial charge in [0.2, 0.25) is 5.88 Å². The monoisotopic (exact) mass is 348 g/mol. The van der Waals surface area contributed by atoms with Gasteiger partial charge in [0.05, 0.1) is 6.33 Å². The highest BCUT2D eigenvalue weighted by Crippen LogP contribution is 2.23. The molecule has 82 valence electrons. The molecular weight excluding hydrogens is 342 g/mol. The number of ether oxygens (including phenoxy) is 1.